The van der Waals surface area contributed by atoms with E-state index in [2.05, 4.69) is 11.9 Å². The van der Waals surface area contributed by atoms with Crippen LogP contribution in [0.4, 0.5) is 0 Å². The third-order valence-electron chi connectivity index (χ3n) is 4.44. The molecule has 0 unspecified atom stereocenters. The van der Waals surface area contributed by atoms with Crippen LogP contribution < -0.4 is 4.74 Å². The first-order valence-corrected chi connectivity index (χ1v) is 8.50. The van der Waals surface area contributed by atoms with Crippen molar-refractivity contribution in [1.82, 2.24) is 0 Å². The van der Waals surface area contributed by atoms with Gasteiger partial charge in [-0.25, -0.2) is 9.79 Å². The highest BCUT2D eigenvalue weighted by atomic mass is 16.6. The Hall–Kier alpha value is -2.82. The Morgan fingerprint density at radius 3 is 2.84 bits per heavy atom. The summed E-state index contributed by atoms with van der Waals surface area (Å²) in [5, 5.41) is 0. The molecular weight excluding hydrogens is 318 g/mol. The van der Waals surface area contributed by atoms with Gasteiger partial charge in [-0.3, -0.25) is 0 Å². The lowest BCUT2D eigenvalue weighted by Crippen LogP contribution is -2.07. The average molecular weight is 337 g/mol. The van der Waals surface area contributed by atoms with Crippen molar-refractivity contribution in [1.29, 1.82) is 0 Å². The molecule has 0 amide bonds. The van der Waals surface area contributed by atoms with Crippen molar-refractivity contribution < 1.29 is 18.7 Å². The van der Waals surface area contributed by atoms with E-state index in [-0.39, 0.29) is 11.6 Å². The van der Waals surface area contributed by atoms with Gasteiger partial charge in [0.05, 0.1) is 12.2 Å². The zero-order valence-corrected chi connectivity index (χ0v) is 14.2. The SMILES string of the molecule is CCOc1ccccc1C1=N/C(=C/c2ccc([C@H]3C[C@H]3C)o2)C(=O)O1. The molecule has 0 bridgehead atoms. The van der Waals surface area contributed by atoms with Gasteiger partial charge in [-0.1, -0.05) is 19.1 Å². The fourth-order valence-electron chi connectivity index (χ4n) is 2.95. The van der Waals surface area contributed by atoms with Gasteiger partial charge in [0.2, 0.25) is 5.90 Å². The number of nitrogens with zero attached hydrogens (tertiary/aromatic N) is 1. The monoisotopic (exact) mass is 337 g/mol. The van der Waals surface area contributed by atoms with E-state index >= 15 is 0 Å². The molecule has 2 aromatic rings. The van der Waals surface area contributed by atoms with Crippen LogP contribution in [0.15, 0.2) is 51.5 Å². The molecule has 5 nitrogen and oxygen atoms in total. The maximum atomic E-state index is 12.1. The molecule has 2 aliphatic rings. The van der Waals surface area contributed by atoms with Crippen LogP contribution in [0.1, 0.15) is 43.3 Å². The van der Waals surface area contributed by atoms with Crippen molar-refractivity contribution in [3.05, 3.63) is 59.2 Å². The molecular formula is C20H19NO4. The quantitative estimate of drug-likeness (QED) is 0.607. The standard InChI is InChI=1S/C20H19NO4/c1-3-23-17-7-5-4-6-14(17)19-21-16(20(22)25-19)11-13-8-9-18(24-13)15-10-12(15)2/h4-9,11-12,15H,3,10H2,1-2H3/b16-11+/t12-,15+/m1/s1. The molecule has 5 heteroatoms. The molecule has 1 saturated carbocycles. The summed E-state index contributed by atoms with van der Waals surface area (Å²) in [5.74, 6) is 3.16. The van der Waals surface area contributed by atoms with Gasteiger partial charge in [0, 0.05) is 12.0 Å². The largest absolute Gasteiger partial charge is 0.493 e. The van der Waals surface area contributed by atoms with Crippen molar-refractivity contribution >= 4 is 17.9 Å². The number of carbonyl (C=O) groups is 1. The van der Waals surface area contributed by atoms with Crippen LogP contribution in [0.2, 0.25) is 0 Å². The minimum absolute atomic E-state index is 0.228. The molecule has 1 aromatic heterocycles. The van der Waals surface area contributed by atoms with E-state index in [9.17, 15) is 4.79 Å². The van der Waals surface area contributed by atoms with Gasteiger partial charge >= 0.3 is 5.97 Å². The van der Waals surface area contributed by atoms with Gasteiger partial charge in [-0.2, -0.15) is 0 Å². The molecule has 1 aliphatic carbocycles. The summed E-state index contributed by atoms with van der Waals surface area (Å²) < 4.78 is 16.7. The zero-order valence-electron chi connectivity index (χ0n) is 14.2. The van der Waals surface area contributed by atoms with Crippen LogP contribution in [-0.4, -0.2) is 18.5 Å². The lowest BCUT2D eigenvalue weighted by molar-refractivity contribution is -0.129. The molecule has 0 saturated heterocycles. The summed E-state index contributed by atoms with van der Waals surface area (Å²) in [6, 6.07) is 11.2. The van der Waals surface area contributed by atoms with Gasteiger partial charge in [0.1, 0.15) is 17.3 Å². The predicted molar refractivity (Wildman–Crippen MR) is 93.4 cm³/mol. The van der Waals surface area contributed by atoms with Crippen molar-refractivity contribution in [2.75, 3.05) is 6.61 Å². The second kappa shape index (κ2) is 6.24. The molecule has 2 heterocycles. The molecule has 4 rings (SSSR count). The van der Waals surface area contributed by atoms with Gasteiger partial charge in [-0.15, -0.1) is 0 Å². The second-order valence-corrected chi connectivity index (χ2v) is 6.32. The zero-order chi connectivity index (χ0) is 17.4. The maximum Gasteiger partial charge on any atom is 0.363 e. The smallest absolute Gasteiger partial charge is 0.363 e. The van der Waals surface area contributed by atoms with E-state index < -0.39 is 5.97 Å². The number of aliphatic imine (C=N–C) groups is 1. The molecule has 1 fully saturated rings. The Balaban J connectivity index is 1.61. The summed E-state index contributed by atoms with van der Waals surface area (Å²) in [6.07, 6.45) is 2.78. The number of furan rings is 1. The summed E-state index contributed by atoms with van der Waals surface area (Å²) in [7, 11) is 0. The third kappa shape index (κ3) is 3.09. The Kier molecular flexibility index (Phi) is 3.92. The first kappa shape index (κ1) is 15.7. The number of hydrogen-bond acceptors (Lipinski definition) is 5. The molecule has 128 valence electrons. The average Bonchev–Trinajstić information content (AvgIpc) is 3.01. The number of rotatable bonds is 5. The van der Waals surface area contributed by atoms with Crippen LogP contribution in [0.25, 0.3) is 6.08 Å². The molecule has 0 spiro atoms. The number of ether oxygens (including phenoxy) is 2. The number of cyclic esters (lactones) is 1. The van der Waals surface area contributed by atoms with Crippen molar-refractivity contribution in [3.63, 3.8) is 0 Å². The third-order valence-corrected chi connectivity index (χ3v) is 4.44. The molecule has 0 radical (unpaired) electrons. The number of para-hydroxylation sites is 1. The molecule has 2 atom stereocenters. The van der Waals surface area contributed by atoms with Crippen LogP contribution in [0.3, 0.4) is 0 Å². The number of benzene rings is 1. The van der Waals surface area contributed by atoms with Crippen LogP contribution >= 0.6 is 0 Å². The Bertz CT molecular complexity index is 877. The Labute approximate surface area is 146 Å². The topological polar surface area (TPSA) is 61.0 Å². The van der Waals surface area contributed by atoms with Crippen molar-refractivity contribution in [3.8, 4) is 5.75 Å². The second-order valence-electron chi connectivity index (χ2n) is 6.32. The van der Waals surface area contributed by atoms with E-state index in [4.69, 9.17) is 13.9 Å². The van der Waals surface area contributed by atoms with E-state index in [1.807, 2.05) is 43.3 Å². The van der Waals surface area contributed by atoms with Gasteiger partial charge in [-0.05, 0) is 43.5 Å². The van der Waals surface area contributed by atoms with Crippen molar-refractivity contribution in [2.45, 2.75) is 26.2 Å². The Morgan fingerprint density at radius 1 is 1.28 bits per heavy atom. The Morgan fingerprint density at radius 2 is 2.08 bits per heavy atom. The summed E-state index contributed by atoms with van der Waals surface area (Å²) >= 11 is 0. The highest BCUT2D eigenvalue weighted by Crippen LogP contribution is 2.47. The number of hydrogen-bond donors (Lipinski definition) is 0. The molecule has 1 aliphatic heterocycles. The van der Waals surface area contributed by atoms with Crippen LogP contribution in [0, 0.1) is 5.92 Å². The first-order valence-electron chi connectivity index (χ1n) is 8.50. The summed E-state index contributed by atoms with van der Waals surface area (Å²) in [5.41, 5.74) is 0.888. The van der Waals surface area contributed by atoms with E-state index in [0.29, 0.717) is 35.5 Å². The predicted octanol–water partition coefficient (Wildman–Crippen LogP) is 4.15. The number of carbonyl (C=O) groups excluding carboxylic acids is 1. The lowest BCUT2D eigenvalue weighted by atomic mass is 10.2. The first-order chi connectivity index (χ1) is 12.2. The van der Waals surface area contributed by atoms with E-state index in [1.54, 1.807) is 6.08 Å². The molecule has 1 aromatic carbocycles. The van der Waals surface area contributed by atoms with Crippen LogP contribution in [0.5, 0.6) is 5.75 Å². The van der Waals surface area contributed by atoms with Crippen LogP contribution in [-0.2, 0) is 9.53 Å². The highest BCUT2D eigenvalue weighted by molar-refractivity contribution is 6.13. The van der Waals surface area contributed by atoms with Gasteiger partial charge < -0.3 is 13.9 Å². The summed E-state index contributed by atoms with van der Waals surface area (Å²) in [4.78, 5) is 16.5. The number of esters is 1. The fraction of sp³-hybridized carbons (Fsp3) is 0.300. The minimum Gasteiger partial charge on any atom is -0.493 e. The van der Waals surface area contributed by atoms with Gasteiger partial charge in [0.15, 0.2) is 5.70 Å². The molecule has 25 heavy (non-hydrogen) atoms. The van der Waals surface area contributed by atoms with Crippen molar-refractivity contribution in [2.24, 2.45) is 10.9 Å². The van der Waals surface area contributed by atoms with E-state index in [1.165, 1.54) is 0 Å². The lowest BCUT2D eigenvalue weighted by Gasteiger charge is -2.08. The minimum atomic E-state index is -0.487. The highest BCUT2D eigenvalue weighted by Gasteiger charge is 2.36. The fourth-order valence-corrected chi connectivity index (χ4v) is 2.95. The summed E-state index contributed by atoms with van der Waals surface area (Å²) in [6.45, 7) is 4.63. The van der Waals surface area contributed by atoms with E-state index in [0.717, 1.165) is 12.2 Å². The maximum absolute atomic E-state index is 12.1. The van der Waals surface area contributed by atoms with Gasteiger partial charge in [0.25, 0.3) is 0 Å². The molecule has 0 N–H and O–H groups in total. The normalized spacial score (nSPS) is 23.5.